The average Bonchev–Trinajstić information content (AvgIpc) is 2.21. The number of imide groups is 1. The monoisotopic (exact) mass is 183 g/mol. The highest BCUT2D eigenvalue weighted by atomic mass is 16.2. The van der Waals surface area contributed by atoms with Crippen LogP contribution < -0.4 is 10.6 Å². The Hall–Kier alpha value is -1.10. The van der Waals surface area contributed by atoms with Crippen LogP contribution in [0.4, 0.5) is 4.79 Å². The van der Waals surface area contributed by atoms with Crippen LogP contribution in [0.25, 0.3) is 0 Å². The highest BCUT2D eigenvalue weighted by molar-refractivity contribution is 6.08. The molecule has 2 heterocycles. The SMILES string of the molecule is CC(C)N1CC2(C1)NC(=O)NC2=O. The molecule has 0 aromatic rings. The van der Waals surface area contributed by atoms with E-state index >= 15 is 0 Å². The molecule has 2 aliphatic heterocycles. The maximum atomic E-state index is 11.3. The first-order valence-electron chi connectivity index (χ1n) is 4.41. The molecule has 2 fully saturated rings. The van der Waals surface area contributed by atoms with Crippen LogP contribution >= 0.6 is 0 Å². The number of carbonyl (C=O) groups is 2. The summed E-state index contributed by atoms with van der Waals surface area (Å²) in [6.45, 7) is 5.40. The summed E-state index contributed by atoms with van der Waals surface area (Å²) in [5.41, 5.74) is -0.624. The third-order valence-corrected chi connectivity index (χ3v) is 2.69. The Morgan fingerprint density at radius 1 is 1.38 bits per heavy atom. The van der Waals surface area contributed by atoms with Crippen molar-refractivity contribution >= 4 is 11.9 Å². The van der Waals surface area contributed by atoms with Crippen molar-refractivity contribution in [3.8, 4) is 0 Å². The molecule has 0 atom stereocenters. The standard InChI is InChI=1S/C8H13N3O2/c1-5(2)11-3-8(4-11)6(12)9-7(13)10-8/h5H,3-4H2,1-2H3,(H2,9,10,12,13). The van der Waals surface area contributed by atoms with Crippen molar-refractivity contribution in [3.05, 3.63) is 0 Å². The molecular weight excluding hydrogens is 170 g/mol. The van der Waals surface area contributed by atoms with Crippen molar-refractivity contribution in [1.29, 1.82) is 0 Å². The van der Waals surface area contributed by atoms with Gasteiger partial charge >= 0.3 is 6.03 Å². The molecule has 5 heteroatoms. The van der Waals surface area contributed by atoms with E-state index in [-0.39, 0.29) is 11.9 Å². The Bertz CT molecular complexity index is 269. The highest BCUT2D eigenvalue weighted by Gasteiger charge is 2.55. The summed E-state index contributed by atoms with van der Waals surface area (Å²) in [7, 11) is 0. The summed E-state index contributed by atoms with van der Waals surface area (Å²) in [6.07, 6.45) is 0. The summed E-state index contributed by atoms with van der Waals surface area (Å²) >= 11 is 0. The third kappa shape index (κ3) is 1.11. The van der Waals surface area contributed by atoms with Crippen LogP contribution in [0, 0.1) is 0 Å². The summed E-state index contributed by atoms with van der Waals surface area (Å²) in [6, 6.07) is 0.0596. The summed E-state index contributed by atoms with van der Waals surface area (Å²) in [5.74, 6) is -0.186. The van der Waals surface area contributed by atoms with E-state index in [1.165, 1.54) is 0 Å². The van der Waals surface area contributed by atoms with Gasteiger partial charge in [-0.2, -0.15) is 0 Å². The van der Waals surface area contributed by atoms with Crippen LogP contribution in [0.15, 0.2) is 0 Å². The van der Waals surface area contributed by atoms with Gasteiger partial charge in [-0.15, -0.1) is 0 Å². The lowest BCUT2D eigenvalue weighted by Crippen LogP contribution is -2.71. The van der Waals surface area contributed by atoms with Crippen molar-refractivity contribution < 1.29 is 9.59 Å². The van der Waals surface area contributed by atoms with Crippen LogP contribution in [-0.2, 0) is 4.79 Å². The summed E-state index contributed by atoms with van der Waals surface area (Å²) < 4.78 is 0. The van der Waals surface area contributed by atoms with Gasteiger partial charge in [0.1, 0.15) is 5.54 Å². The van der Waals surface area contributed by atoms with Crippen LogP contribution in [0.1, 0.15) is 13.8 Å². The van der Waals surface area contributed by atoms with Gasteiger partial charge < -0.3 is 5.32 Å². The zero-order valence-electron chi connectivity index (χ0n) is 7.76. The van der Waals surface area contributed by atoms with Gasteiger partial charge in [0.25, 0.3) is 5.91 Å². The number of hydrogen-bond acceptors (Lipinski definition) is 3. The maximum Gasteiger partial charge on any atom is 0.322 e. The minimum atomic E-state index is -0.624. The van der Waals surface area contributed by atoms with Crippen molar-refractivity contribution in [1.82, 2.24) is 15.5 Å². The molecule has 13 heavy (non-hydrogen) atoms. The number of hydrogen-bond donors (Lipinski definition) is 2. The average molecular weight is 183 g/mol. The molecule has 0 saturated carbocycles. The first-order valence-corrected chi connectivity index (χ1v) is 4.41. The largest absolute Gasteiger partial charge is 0.322 e. The lowest BCUT2D eigenvalue weighted by Gasteiger charge is -2.47. The maximum absolute atomic E-state index is 11.3. The van der Waals surface area contributed by atoms with Gasteiger partial charge in [-0.25, -0.2) is 4.79 Å². The van der Waals surface area contributed by atoms with E-state index in [0.717, 1.165) is 0 Å². The second-order valence-electron chi connectivity index (χ2n) is 3.99. The van der Waals surface area contributed by atoms with Gasteiger partial charge in [0, 0.05) is 19.1 Å². The number of urea groups is 1. The number of amides is 3. The first kappa shape index (κ1) is 8.50. The molecular formula is C8H13N3O2. The van der Waals surface area contributed by atoms with Crippen LogP contribution in [0.3, 0.4) is 0 Å². The highest BCUT2D eigenvalue weighted by Crippen LogP contribution is 2.25. The molecule has 2 rings (SSSR count). The van der Waals surface area contributed by atoms with Crippen molar-refractivity contribution in [3.63, 3.8) is 0 Å². The van der Waals surface area contributed by atoms with Crippen molar-refractivity contribution in [2.45, 2.75) is 25.4 Å². The molecule has 0 aromatic carbocycles. The zero-order chi connectivity index (χ0) is 9.64. The summed E-state index contributed by atoms with van der Waals surface area (Å²) in [5, 5.41) is 4.91. The molecule has 1 spiro atoms. The van der Waals surface area contributed by atoms with Crippen LogP contribution in [0.5, 0.6) is 0 Å². The van der Waals surface area contributed by atoms with E-state index in [9.17, 15) is 9.59 Å². The topological polar surface area (TPSA) is 61.4 Å². The van der Waals surface area contributed by atoms with Gasteiger partial charge in [0.05, 0.1) is 0 Å². The zero-order valence-corrected chi connectivity index (χ0v) is 7.76. The quantitative estimate of drug-likeness (QED) is 0.528. The number of likely N-dealkylation sites (tertiary alicyclic amines) is 1. The number of nitrogens with zero attached hydrogens (tertiary/aromatic N) is 1. The molecule has 0 aliphatic carbocycles. The molecule has 2 aliphatic rings. The Kier molecular flexibility index (Phi) is 1.60. The molecule has 2 saturated heterocycles. The molecule has 0 bridgehead atoms. The Morgan fingerprint density at radius 3 is 2.38 bits per heavy atom. The van der Waals surface area contributed by atoms with Crippen LogP contribution in [-0.4, -0.2) is 41.5 Å². The fourth-order valence-corrected chi connectivity index (χ4v) is 1.76. The van der Waals surface area contributed by atoms with E-state index in [4.69, 9.17) is 0 Å². The van der Waals surface area contributed by atoms with E-state index in [0.29, 0.717) is 19.1 Å². The van der Waals surface area contributed by atoms with E-state index < -0.39 is 5.54 Å². The smallest absolute Gasteiger partial charge is 0.321 e. The van der Waals surface area contributed by atoms with Gasteiger partial charge in [0.2, 0.25) is 0 Å². The van der Waals surface area contributed by atoms with Crippen molar-refractivity contribution in [2.24, 2.45) is 0 Å². The lowest BCUT2D eigenvalue weighted by molar-refractivity contribution is -0.131. The Labute approximate surface area is 76.5 Å². The normalized spacial score (nSPS) is 26.1. The fraction of sp³-hybridized carbons (Fsp3) is 0.750. The van der Waals surface area contributed by atoms with Gasteiger partial charge in [0.15, 0.2) is 0 Å². The third-order valence-electron chi connectivity index (χ3n) is 2.69. The molecule has 5 nitrogen and oxygen atoms in total. The minimum absolute atomic E-state index is 0.186. The number of rotatable bonds is 1. The molecule has 3 amide bonds. The summed E-state index contributed by atoms with van der Waals surface area (Å²) in [4.78, 5) is 24.4. The van der Waals surface area contributed by atoms with E-state index in [1.807, 2.05) is 0 Å². The second kappa shape index (κ2) is 2.45. The van der Waals surface area contributed by atoms with Crippen molar-refractivity contribution in [2.75, 3.05) is 13.1 Å². The van der Waals surface area contributed by atoms with Gasteiger partial charge in [-0.3, -0.25) is 15.0 Å². The van der Waals surface area contributed by atoms with E-state index in [1.54, 1.807) is 0 Å². The second-order valence-corrected chi connectivity index (χ2v) is 3.99. The number of carbonyl (C=O) groups excluding carboxylic acids is 2. The number of nitrogens with one attached hydrogen (secondary N) is 2. The minimum Gasteiger partial charge on any atom is -0.321 e. The predicted octanol–water partition coefficient (Wildman–Crippen LogP) is -0.711. The van der Waals surface area contributed by atoms with E-state index in [2.05, 4.69) is 29.4 Å². The van der Waals surface area contributed by atoms with Gasteiger partial charge in [-0.1, -0.05) is 0 Å². The fourth-order valence-electron chi connectivity index (χ4n) is 1.76. The molecule has 0 radical (unpaired) electrons. The molecule has 0 aromatic heterocycles. The Morgan fingerprint density at radius 2 is 2.00 bits per heavy atom. The predicted molar refractivity (Wildman–Crippen MR) is 46.1 cm³/mol. The lowest BCUT2D eigenvalue weighted by atomic mass is 9.89. The Balaban J connectivity index is 2.03. The molecule has 2 N–H and O–H groups in total. The first-order chi connectivity index (χ1) is 6.03. The van der Waals surface area contributed by atoms with Crippen LogP contribution in [0.2, 0.25) is 0 Å². The molecule has 72 valence electrons. The molecule has 0 unspecified atom stereocenters. The van der Waals surface area contributed by atoms with Gasteiger partial charge in [-0.05, 0) is 13.8 Å².